The highest BCUT2D eigenvalue weighted by Gasteiger charge is 2.25. The molecule has 0 aromatic heterocycles. The number of anilines is 1. The number of esters is 1. The van der Waals surface area contributed by atoms with Gasteiger partial charge in [-0.3, -0.25) is 4.79 Å². The Balaban J connectivity index is 2.30. The normalized spacial score (nSPS) is 16.8. The van der Waals surface area contributed by atoms with Crippen molar-refractivity contribution in [1.29, 1.82) is 0 Å². The smallest absolute Gasteiger partial charge is 0.316 e. The number of carbonyl (C=O) groups is 1. The van der Waals surface area contributed by atoms with Gasteiger partial charge in [0.25, 0.3) is 0 Å². The van der Waals surface area contributed by atoms with Crippen molar-refractivity contribution < 1.29 is 9.53 Å². The van der Waals surface area contributed by atoms with Crippen molar-refractivity contribution in [3.05, 3.63) is 29.8 Å². The number of rotatable bonds is 1. The van der Waals surface area contributed by atoms with Gasteiger partial charge in [-0.1, -0.05) is 6.08 Å². The van der Waals surface area contributed by atoms with E-state index in [4.69, 9.17) is 4.74 Å². The number of hydrogen-bond acceptors (Lipinski definition) is 3. The highest BCUT2D eigenvalue weighted by Crippen LogP contribution is 2.36. The maximum atomic E-state index is 11.9. The van der Waals surface area contributed by atoms with Crippen LogP contribution in [0.2, 0.25) is 0 Å². The molecule has 0 spiro atoms. The van der Waals surface area contributed by atoms with Crippen molar-refractivity contribution in [2.45, 2.75) is 47.1 Å². The average Bonchev–Trinajstić information content (AvgIpc) is 2.27. The Bertz CT molecular complexity index is 577. The molecule has 1 aromatic rings. The molecule has 0 unspecified atom stereocenters. The molecule has 1 aliphatic rings. The van der Waals surface area contributed by atoms with Gasteiger partial charge in [0.05, 0.1) is 11.0 Å². The summed E-state index contributed by atoms with van der Waals surface area (Å²) in [5, 5.41) is 3.46. The van der Waals surface area contributed by atoms with Gasteiger partial charge in [-0.15, -0.1) is 0 Å². The molecule has 0 saturated heterocycles. The molecular weight excluding hydrogens is 250 g/mol. The summed E-state index contributed by atoms with van der Waals surface area (Å²) in [5.74, 6) is 0.376. The van der Waals surface area contributed by atoms with Crippen LogP contribution in [-0.4, -0.2) is 11.5 Å². The summed E-state index contributed by atoms with van der Waals surface area (Å²) in [4.78, 5) is 11.9. The molecule has 1 N–H and O–H groups in total. The molecule has 0 amide bonds. The summed E-state index contributed by atoms with van der Waals surface area (Å²) in [6.45, 7) is 11.9. The molecule has 0 atom stereocenters. The highest BCUT2D eigenvalue weighted by atomic mass is 16.5. The molecular formula is C17H23NO2. The van der Waals surface area contributed by atoms with Crippen molar-refractivity contribution in [3.63, 3.8) is 0 Å². The van der Waals surface area contributed by atoms with Gasteiger partial charge in [0, 0.05) is 11.3 Å². The van der Waals surface area contributed by atoms with E-state index >= 15 is 0 Å². The number of ether oxygens (including phenoxy) is 1. The molecule has 3 nitrogen and oxygen atoms in total. The molecule has 0 aliphatic carbocycles. The lowest BCUT2D eigenvalue weighted by Gasteiger charge is -2.31. The van der Waals surface area contributed by atoms with E-state index < -0.39 is 5.41 Å². The molecule has 1 aliphatic heterocycles. The van der Waals surface area contributed by atoms with Crippen LogP contribution < -0.4 is 10.1 Å². The quantitative estimate of drug-likeness (QED) is 0.614. The van der Waals surface area contributed by atoms with Gasteiger partial charge in [-0.05, 0) is 65.3 Å². The van der Waals surface area contributed by atoms with Crippen molar-refractivity contribution in [2.75, 3.05) is 5.32 Å². The van der Waals surface area contributed by atoms with Gasteiger partial charge < -0.3 is 10.1 Å². The summed E-state index contributed by atoms with van der Waals surface area (Å²) in [7, 11) is 0. The Kier molecular flexibility index (Phi) is 3.41. The summed E-state index contributed by atoms with van der Waals surface area (Å²) in [5.41, 5.74) is 2.80. The van der Waals surface area contributed by atoms with E-state index in [2.05, 4.69) is 32.2 Å². The lowest BCUT2D eigenvalue weighted by Crippen LogP contribution is -2.31. The lowest BCUT2D eigenvalue weighted by atomic mass is 9.91. The summed E-state index contributed by atoms with van der Waals surface area (Å²) in [6.07, 6.45) is 2.19. The molecule has 3 heteroatoms. The predicted octanol–water partition coefficient (Wildman–Crippen LogP) is 4.25. The van der Waals surface area contributed by atoms with E-state index in [1.54, 1.807) is 0 Å². The van der Waals surface area contributed by atoms with Gasteiger partial charge >= 0.3 is 5.97 Å². The minimum atomic E-state index is -0.499. The fraction of sp³-hybridized carbons (Fsp3) is 0.471. The molecule has 0 saturated carbocycles. The van der Waals surface area contributed by atoms with Crippen LogP contribution in [0.5, 0.6) is 5.75 Å². The molecule has 20 heavy (non-hydrogen) atoms. The van der Waals surface area contributed by atoms with E-state index in [-0.39, 0.29) is 11.5 Å². The second kappa shape index (κ2) is 4.65. The van der Waals surface area contributed by atoms with Crippen LogP contribution in [0, 0.1) is 5.41 Å². The van der Waals surface area contributed by atoms with Crippen molar-refractivity contribution in [1.82, 2.24) is 0 Å². The third-order valence-corrected chi connectivity index (χ3v) is 3.27. The van der Waals surface area contributed by atoms with Crippen LogP contribution in [0.25, 0.3) is 5.57 Å². The zero-order chi connectivity index (χ0) is 15.1. The zero-order valence-electron chi connectivity index (χ0n) is 13.1. The number of hydrogen-bond donors (Lipinski definition) is 1. The van der Waals surface area contributed by atoms with Gasteiger partial charge in [0.2, 0.25) is 0 Å². The van der Waals surface area contributed by atoms with E-state index in [9.17, 15) is 4.79 Å². The topological polar surface area (TPSA) is 38.3 Å². The molecule has 0 bridgehead atoms. The van der Waals surface area contributed by atoms with Gasteiger partial charge in [-0.2, -0.15) is 0 Å². The number of benzene rings is 1. The zero-order valence-corrected chi connectivity index (χ0v) is 13.1. The Morgan fingerprint density at radius 2 is 1.90 bits per heavy atom. The summed E-state index contributed by atoms with van der Waals surface area (Å²) in [6, 6.07) is 5.73. The fourth-order valence-corrected chi connectivity index (χ4v) is 2.28. The van der Waals surface area contributed by atoms with E-state index in [0.29, 0.717) is 5.75 Å². The Morgan fingerprint density at radius 1 is 1.25 bits per heavy atom. The van der Waals surface area contributed by atoms with Crippen LogP contribution >= 0.6 is 0 Å². The van der Waals surface area contributed by atoms with Gasteiger partial charge in [0.1, 0.15) is 5.75 Å². The third-order valence-electron chi connectivity index (χ3n) is 3.27. The van der Waals surface area contributed by atoms with E-state index in [1.807, 2.05) is 39.0 Å². The predicted molar refractivity (Wildman–Crippen MR) is 82.9 cm³/mol. The molecule has 108 valence electrons. The number of carbonyl (C=O) groups excluding carboxylic acids is 1. The van der Waals surface area contributed by atoms with Crippen molar-refractivity contribution in [3.8, 4) is 5.75 Å². The monoisotopic (exact) mass is 273 g/mol. The maximum Gasteiger partial charge on any atom is 0.316 e. The fourth-order valence-electron chi connectivity index (χ4n) is 2.28. The first-order valence-corrected chi connectivity index (χ1v) is 6.93. The first-order chi connectivity index (χ1) is 9.08. The Morgan fingerprint density at radius 3 is 2.50 bits per heavy atom. The second-order valence-corrected chi connectivity index (χ2v) is 7.02. The standard InChI is InChI=1S/C17H23NO2/c1-11-10-17(5,6)18-14-8-7-12(9-13(11)14)20-15(19)16(2,3)4/h7-10,18H,1-6H3. The third kappa shape index (κ3) is 3.03. The number of allylic oxidation sites excluding steroid dienone is 1. The van der Waals surface area contributed by atoms with Gasteiger partial charge in [0.15, 0.2) is 0 Å². The highest BCUT2D eigenvalue weighted by molar-refractivity contribution is 5.82. The molecule has 1 heterocycles. The minimum Gasteiger partial charge on any atom is -0.426 e. The van der Waals surface area contributed by atoms with Crippen molar-refractivity contribution >= 4 is 17.2 Å². The van der Waals surface area contributed by atoms with Crippen LogP contribution in [0.3, 0.4) is 0 Å². The summed E-state index contributed by atoms with van der Waals surface area (Å²) < 4.78 is 5.45. The van der Waals surface area contributed by atoms with Crippen LogP contribution in [0.1, 0.15) is 47.1 Å². The second-order valence-electron chi connectivity index (χ2n) is 7.02. The SMILES string of the molecule is CC1=CC(C)(C)Nc2ccc(OC(=O)C(C)(C)C)cc21. The van der Waals surface area contributed by atoms with Crippen LogP contribution in [0.15, 0.2) is 24.3 Å². The number of fused-ring (bicyclic) bond motifs is 1. The van der Waals surface area contributed by atoms with E-state index in [1.165, 1.54) is 5.57 Å². The van der Waals surface area contributed by atoms with Gasteiger partial charge in [-0.25, -0.2) is 0 Å². The number of nitrogens with one attached hydrogen (secondary N) is 1. The summed E-state index contributed by atoms with van der Waals surface area (Å²) >= 11 is 0. The minimum absolute atomic E-state index is 0.0549. The first kappa shape index (κ1) is 14.6. The molecule has 2 rings (SSSR count). The maximum absolute atomic E-state index is 11.9. The van der Waals surface area contributed by atoms with Crippen molar-refractivity contribution in [2.24, 2.45) is 5.41 Å². The van der Waals surface area contributed by atoms with E-state index in [0.717, 1.165) is 11.3 Å². The average molecular weight is 273 g/mol. The van der Waals surface area contributed by atoms with Crippen LogP contribution in [0.4, 0.5) is 5.69 Å². The Hall–Kier alpha value is -1.77. The Labute approximate surface area is 121 Å². The molecule has 1 aromatic carbocycles. The molecule has 0 radical (unpaired) electrons. The largest absolute Gasteiger partial charge is 0.426 e. The molecule has 0 fully saturated rings. The van der Waals surface area contributed by atoms with Crippen LogP contribution in [-0.2, 0) is 4.79 Å². The lowest BCUT2D eigenvalue weighted by molar-refractivity contribution is -0.142. The first-order valence-electron chi connectivity index (χ1n) is 6.93.